The van der Waals surface area contributed by atoms with Crippen molar-refractivity contribution in [3.8, 4) is 11.3 Å². The molecule has 1 aromatic heterocycles. The zero-order valence-electron chi connectivity index (χ0n) is 11.5. The van der Waals surface area contributed by atoms with Crippen molar-refractivity contribution in [2.75, 3.05) is 5.73 Å². The van der Waals surface area contributed by atoms with Gasteiger partial charge in [0, 0.05) is 23.1 Å². The Hall–Kier alpha value is -1.56. The molecule has 0 aliphatic rings. The van der Waals surface area contributed by atoms with Gasteiger partial charge in [0.1, 0.15) is 12.2 Å². The Labute approximate surface area is 144 Å². The van der Waals surface area contributed by atoms with Crippen molar-refractivity contribution in [3.63, 3.8) is 0 Å². The van der Waals surface area contributed by atoms with Crippen molar-refractivity contribution in [3.05, 3.63) is 40.4 Å². The molecule has 118 valence electrons. The number of nitrogens with two attached hydrogens (primary N) is 1. The maximum atomic E-state index is 10.5. The van der Waals surface area contributed by atoms with Gasteiger partial charge in [0.25, 0.3) is 5.82 Å². The van der Waals surface area contributed by atoms with Crippen LogP contribution in [0.15, 0.2) is 30.3 Å². The monoisotopic (exact) mass is 361 g/mol. The van der Waals surface area contributed by atoms with Gasteiger partial charge in [-0.3, -0.25) is 10.5 Å². The fourth-order valence-corrected chi connectivity index (χ4v) is 2.38. The minimum absolute atomic E-state index is 0. The van der Waals surface area contributed by atoms with Gasteiger partial charge in [0.05, 0.1) is 5.02 Å². The molecule has 2 aromatic rings. The van der Waals surface area contributed by atoms with Crippen LogP contribution in [0.5, 0.6) is 0 Å². The highest BCUT2D eigenvalue weighted by atomic mass is 35.5. The van der Waals surface area contributed by atoms with Crippen molar-refractivity contribution < 1.29 is 27.0 Å². The summed E-state index contributed by atoms with van der Waals surface area (Å²) in [6.07, 6.45) is 0.523. The van der Waals surface area contributed by atoms with Crippen LogP contribution in [0.3, 0.4) is 0 Å². The summed E-state index contributed by atoms with van der Waals surface area (Å²) in [7, 11) is 0. The standard InChI is InChI=1S/C14H13Cl2N3O2.ClH/c15-9-3-4-10(11(16)8-9)12-5-6-13(17)19(18-12)7-1-2-14(20)21;/h3-6,8,17H,1-2,7H2,(H,20,21);1H. The second-order valence-corrected chi connectivity index (χ2v) is 5.33. The van der Waals surface area contributed by atoms with Crippen LogP contribution in [0, 0.1) is 0 Å². The van der Waals surface area contributed by atoms with E-state index in [1.54, 1.807) is 35.0 Å². The van der Waals surface area contributed by atoms with Crippen LogP contribution in [0.2, 0.25) is 10.0 Å². The molecule has 1 aromatic carbocycles. The van der Waals surface area contributed by atoms with E-state index in [0.717, 1.165) is 5.56 Å². The van der Waals surface area contributed by atoms with E-state index in [9.17, 15) is 4.79 Å². The summed E-state index contributed by atoms with van der Waals surface area (Å²) in [6, 6.07) is 8.64. The number of benzene rings is 1. The van der Waals surface area contributed by atoms with Gasteiger partial charge < -0.3 is 17.5 Å². The molecule has 0 atom stereocenters. The fourth-order valence-electron chi connectivity index (χ4n) is 1.87. The van der Waals surface area contributed by atoms with Crippen molar-refractivity contribution in [2.24, 2.45) is 0 Å². The molecule has 0 saturated carbocycles. The molecule has 2 rings (SSSR count). The zero-order chi connectivity index (χ0) is 15.4. The molecule has 0 saturated heterocycles. The average Bonchev–Trinajstić information content (AvgIpc) is 2.41. The molecule has 0 radical (unpaired) electrons. The average molecular weight is 363 g/mol. The molecule has 0 aliphatic carbocycles. The number of aliphatic carboxylic acids is 1. The quantitative estimate of drug-likeness (QED) is 0.722. The van der Waals surface area contributed by atoms with Gasteiger partial charge >= 0.3 is 5.97 Å². The van der Waals surface area contributed by atoms with E-state index < -0.39 is 5.97 Å². The smallest absolute Gasteiger partial charge is 0.303 e. The highest BCUT2D eigenvalue weighted by Crippen LogP contribution is 2.28. The fraction of sp³-hybridized carbons (Fsp3) is 0.214. The van der Waals surface area contributed by atoms with Gasteiger partial charge in [-0.25, -0.2) is 0 Å². The third kappa shape index (κ3) is 4.73. The third-order valence-corrected chi connectivity index (χ3v) is 3.45. The molecule has 0 amide bonds. The minimum atomic E-state index is -0.842. The Morgan fingerprint density at radius 2 is 2.00 bits per heavy atom. The number of hydrogen-bond donors (Lipinski definition) is 2. The van der Waals surface area contributed by atoms with Gasteiger partial charge in [-0.2, -0.15) is 0 Å². The summed E-state index contributed by atoms with van der Waals surface area (Å²) in [5.41, 5.74) is 7.24. The zero-order valence-corrected chi connectivity index (χ0v) is 13.7. The Balaban J connectivity index is 0.00000242. The molecule has 8 heteroatoms. The molecule has 1 heterocycles. The summed E-state index contributed by atoms with van der Waals surface area (Å²) in [5, 5.41) is 14.1. The Morgan fingerprint density at radius 1 is 1.27 bits per heavy atom. The summed E-state index contributed by atoms with van der Waals surface area (Å²) in [5.74, 6) is -0.375. The first kappa shape index (κ1) is 18.5. The number of nitrogen functional groups attached to an aromatic ring is 1. The molecule has 5 nitrogen and oxygen atoms in total. The molecule has 0 bridgehead atoms. The predicted molar refractivity (Wildman–Crippen MR) is 81.2 cm³/mol. The number of rotatable bonds is 5. The summed E-state index contributed by atoms with van der Waals surface area (Å²) in [4.78, 5) is 10.5. The van der Waals surface area contributed by atoms with Crippen LogP contribution < -0.4 is 22.8 Å². The van der Waals surface area contributed by atoms with E-state index in [1.807, 2.05) is 0 Å². The molecule has 0 aliphatic heterocycles. The number of carboxylic acids is 1. The van der Waals surface area contributed by atoms with E-state index in [-0.39, 0.29) is 18.8 Å². The minimum Gasteiger partial charge on any atom is -1.00 e. The van der Waals surface area contributed by atoms with E-state index in [2.05, 4.69) is 5.10 Å². The van der Waals surface area contributed by atoms with E-state index in [1.165, 1.54) is 0 Å². The third-order valence-electron chi connectivity index (χ3n) is 2.91. The topological polar surface area (TPSA) is 80.1 Å². The van der Waals surface area contributed by atoms with E-state index in [0.29, 0.717) is 34.5 Å². The lowest BCUT2D eigenvalue weighted by Gasteiger charge is -2.06. The Bertz CT molecular complexity index is 680. The second kappa shape index (κ2) is 8.17. The number of nitrogens with zero attached hydrogens (tertiary/aromatic N) is 2. The van der Waals surface area contributed by atoms with Crippen LogP contribution in [0.4, 0.5) is 5.82 Å². The van der Waals surface area contributed by atoms with E-state index >= 15 is 0 Å². The molecular weight excluding hydrogens is 349 g/mol. The molecular formula is C14H14Cl3N3O2. The van der Waals surface area contributed by atoms with Gasteiger partial charge in [-0.15, -0.1) is 4.68 Å². The predicted octanol–water partition coefficient (Wildman–Crippen LogP) is -0.206. The number of anilines is 1. The van der Waals surface area contributed by atoms with Crippen LogP contribution >= 0.6 is 23.2 Å². The van der Waals surface area contributed by atoms with Crippen molar-refractivity contribution in [1.82, 2.24) is 5.10 Å². The van der Waals surface area contributed by atoms with Crippen LogP contribution in [-0.4, -0.2) is 16.2 Å². The van der Waals surface area contributed by atoms with Gasteiger partial charge in [-0.05, 0) is 30.7 Å². The Morgan fingerprint density at radius 3 is 2.64 bits per heavy atom. The van der Waals surface area contributed by atoms with Gasteiger partial charge in [0.2, 0.25) is 0 Å². The van der Waals surface area contributed by atoms with Gasteiger partial charge in [-0.1, -0.05) is 28.3 Å². The Kier molecular flexibility index (Phi) is 6.87. The lowest BCUT2D eigenvalue weighted by Crippen LogP contribution is -3.00. The summed E-state index contributed by atoms with van der Waals surface area (Å²) >= 11 is 12.0. The molecule has 3 N–H and O–H groups in total. The maximum absolute atomic E-state index is 10.5. The number of aromatic nitrogens is 2. The van der Waals surface area contributed by atoms with Crippen LogP contribution in [0.25, 0.3) is 11.3 Å². The first-order valence-electron chi connectivity index (χ1n) is 6.31. The molecule has 0 unspecified atom stereocenters. The van der Waals surface area contributed by atoms with Crippen LogP contribution in [-0.2, 0) is 11.3 Å². The number of carbonyl (C=O) groups is 1. The number of carboxylic acid groups (broad SMARTS) is 1. The highest BCUT2D eigenvalue weighted by molar-refractivity contribution is 6.36. The summed E-state index contributed by atoms with van der Waals surface area (Å²) < 4.78 is 1.57. The van der Waals surface area contributed by atoms with Crippen molar-refractivity contribution in [1.29, 1.82) is 0 Å². The largest absolute Gasteiger partial charge is 1.00 e. The second-order valence-electron chi connectivity index (χ2n) is 4.49. The first-order chi connectivity index (χ1) is 9.97. The lowest BCUT2D eigenvalue weighted by atomic mass is 10.1. The van der Waals surface area contributed by atoms with Crippen LogP contribution in [0.1, 0.15) is 12.8 Å². The van der Waals surface area contributed by atoms with Crippen molar-refractivity contribution >= 4 is 35.0 Å². The highest BCUT2D eigenvalue weighted by Gasteiger charge is 2.12. The number of hydrogen-bond acceptors (Lipinski definition) is 3. The molecule has 0 fully saturated rings. The van der Waals surface area contributed by atoms with Gasteiger partial charge in [0.15, 0.2) is 0 Å². The number of halogens is 3. The normalized spacial score (nSPS) is 10.1. The van der Waals surface area contributed by atoms with E-state index in [4.69, 9.17) is 34.0 Å². The SMILES string of the molecule is Nc1ccc(-c2ccc(Cl)cc2Cl)n[n+]1CCCC(=O)O.[Cl-]. The number of aryl methyl sites for hydroxylation is 1. The first-order valence-corrected chi connectivity index (χ1v) is 7.07. The lowest BCUT2D eigenvalue weighted by molar-refractivity contribution is -0.739. The molecule has 22 heavy (non-hydrogen) atoms. The van der Waals surface area contributed by atoms with Crippen molar-refractivity contribution in [2.45, 2.75) is 19.4 Å². The molecule has 0 spiro atoms. The summed E-state index contributed by atoms with van der Waals surface area (Å²) in [6.45, 7) is 0.428. The maximum Gasteiger partial charge on any atom is 0.303 e.